The third-order valence-corrected chi connectivity index (χ3v) is 4.51. The van der Waals surface area contributed by atoms with E-state index in [1.165, 1.54) is 0 Å². The minimum atomic E-state index is -1.17. The SMILES string of the molecule is CC(Nc1ccc(Cl)c(Br)c1)(C(N)=O)c1ccc(Br)o1. The van der Waals surface area contributed by atoms with Crippen LogP contribution < -0.4 is 11.1 Å². The molecule has 106 valence electrons. The van der Waals surface area contributed by atoms with Crippen LogP contribution in [0.4, 0.5) is 5.69 Å². The topological polar surface area (TPSA) is 68.3 Å². The predicted molar refractivity (Wildman–Crippen MR) is 85.7 cm³/mol. The summed E-state index contributed by atoms with van der Waals surface area (Å²) in [5.41, 5.74) is 5.04. The van der Waals surface area contributed by atoms with Crippen molar-refractivity contribution in [2.45, 2.75) is 12.5 Å². The highest BCUT2D eigenvalue weighted by Gasteiger charge is 2.36. The quantitative estimate of drug-likeness (QED) is 0.773. The maximum atomic E-state index is 11.8. The van der Waals surface area contributed by atoms with Gasteiger partial charge in [0.05, 0.1) is 5.02 Å². The molecule has 1 heterocycles. The van der Waals surface area contributed by atoms with E-state index in [-0.39, 0.29) is 0 Å². The van der Waals surface area contributed by atoms with Crippen molar-refractivity contribution >= 4 is 55.1 Å². The van der Waals surface area contributed by atoms with Crippen LogP contribution in [0.2, 0.25) is 5.02 Å². The average Bonchev–Trinajstić information content (AvgIpc) is 2.81. The number of hydrogen-bond donors (Lipinski definition) is 2. The van der Waals surface area contributed by atoms with Crippen molar-refractivity contribution in [2.75, 3.05) is 5.32 Å². The van der Waals surface area contributed by atoms with Crippen molar-refractivity contribution in [1.29, 1.82) is 0 Å². The third-order valence-electron chi connectivity index (χ3n) is 2.87. The molecular weight excluding hydrogens is 411 g/mol. The summed E-state index contributed by atoms with van der Waals surface area (Å²) in [6.45, 7) is 1.66. The smallest absolute Gasteiger partial charge is 0.250 e. The Hall–Kier alpha value is -0.980. The van der Waals surface area contributed by atoms with E-state index in [1.54, 1.807) is 37.3 Å². The van der Waals surface area contributed by atoms with E-state index >= 15 is 0 Å². The second kappa shape index (κ2) is 5.79. The minimum Gasteiger partial charge on any atom is -0.451 e. The second-order valence-corrected chi connectivity index (χ2v) is 6.39. The van der Waals surface area contributed by atoms with Crippen molar-refractivity contribution < 1.29 is 9.21 Å². The largest absolute Gasteiger partial charge is 0.451 e. The molecule has 0 aliphatic rings. The van der Waals surface area contributed by atoms with Gasteiger partial charge in [0.1, 0.15) is 5.76 Å². The number of rotatable bonds is 4. The third kappa shape index (κ3) is 3.02. The lowest BCUT2D eigenvalue weighted by Crippen LogP contribution is -2.44. The van der Waals surface area contributed by atoms with E-state index in [4.69, 9.17) is 21.8 Å². The highest BCUT2D eigenvalue weighted by atomic mass is 79.9. The van der Waals surface area contributed by atoms with Gasteiger partial charge in [-0.1, -0.05) is 11.6 Å². The lowest BCUT2D eigenvalue weighted by atomic mass is 9.97. The molecule has 0 radical (unpaired) electrons. The summed E-state index contributed by atoms with van der Waals surface area (Å²) in [6, 6.07) is 8.63. The Labute approximate surface area is 137 Å². The first-order chi connectivity index (χ1) is 9.33. The highest BCUT2D eigenvalue weighted by Crippen LogP contribution is 2.32. The molecule has 0 spiro atoms. The van der Waals surface area contributed by atoms with Gasteiger partial charge in [0, 0.05) is 10.2 Å². The van der Waals surface area contributed by atoms with E-state index < -0.39 is 11.4 Å². The Morgan fingerprint density at radius 2 is 2.05 bits per heavy atom. The van der Waals surface area contributed by atoms with Crippen LogP contribution in [0.1, 0.15) is 12.7 Å². The van der Waals surface area contributed by atoms with Crippen LogP contribution in [0.15, 0.2) is 43.9 Å². The Bertz CT molecular complexity index is 660. The molecule has 4 nitrogen and oxygen atoms in total. The first-order valence-electron chi connectivity index (χ1n) is 5.62. The summed E-state index contributed by atoms with van der Waals surface area (Å²) in [5.74, 6) is -0.131. The number of anilines is 1. The fraction of sp³-hybridized carbons (Fsp3) is 0.154. The molecule has 0 aliphatic carbocycles. The van der Waals surface area contributed by atoms with Gasteiger partial charge >= 0.3 is 0 Å². The molecule has 1 unspecified atom stereocenters. The summed E-state index contributed by atoms with van der Waals surface area (Å²) in [5, 5.41) is 3.66. The van der Waals surface area contributed by atoms with E-state index in [2.05, 4.69) is 37.2 Å². The van der Waals surface area contributed by atoms with Gasteiger partial charge in [0.15, 0.2) is 10.2 Å². The first kappa shape index (κ1) is 15.4. The van der Waals surface area contributed by atoms with Crippen LogP contribution in [0.5, 0.6) is 0 Å². The summed E-state index contributed by atoms with van der Waals surface area (Å²) in [6.07, 6.45) is 0. The molecule has 0 aliphatic heterocycles. The van der Waals surface area contributed by atoms with Gasteiger partial charge in [-0.3, -0.25) is 4.79 Å². The zero-order chi connectivity index (χ0) is 14.9. The number of carbonyl (C=O) groups is 1. The number of benzene rings is 1. The Morgan fingerprint density at radius 3 is 2.55 bits per heavy atom. The number of hydrogen-bond acceptors (Lipinski definition) is 3. The molecule has 0 saturated heterocycles. The van der Waals surface area contributed by atoms with Crippen molar-refractivity contribution in [1.82, 2.24) is 0 Å². The zero-order valence-electron chi connectivity index (χ0n) is 10.4. The number of nitrogens with one attached hydrogen (secondary N) is 1. The summed E-state index contributed by atoms with van der Waals surface area (Å²) in [4.78, 5) is 11.8. The van der Waals surface area contributed by atoms with Crippen LogP contribution in [0, 0.1) is 0 Å². The van der Waals surface area contributed by atoms with Gasteiger partial charge in [-0.25, -0.2) is 0 Å². The molecule has 0 saturated carbocycles. The molecule has 7 heteroatoms. The van der Waals surface area contributed by atoms with E-state index in [9.17, 15) is 4.79 Å². The van der Waals surface area contributed by atoms with Gasteiger partial charge in [-0.05, 0) is 69.1 Å². The fourth-order valence-electron chi connectivity index (χ4n) is 1.69. The number of nitrogens with two attached hydrogens (primary N) is 1. The summed E-state index contributed by atoms with van der Waals surface area (Å²) in [7, 11) is 0. The van der Waals surface area contributed by atoms with Crippen LogP contribution in [0.3, 0.4) is 0 Å². The molecule has 1 aromatic heterocycles. The average molecular weight is 423 g/mol. The summed E-state index contributed by atoms with van der Waals surface area (Å²) < 4.78 is 6.70. The van der Waals surface area contributed by atoms with Gasteiger partial charge in [0.2, 0.25) is 0 Å². The number of carbonyl (C=O) groups excluding carboxylic acids is 1. The normalized spacial score (nSPS) is 13.8. The van der Waals surface area contributed by atoms with Crippen LogP contribution in [-0.4, -0.2) is 5.91 Å². The van der Waals surface area contributed by atoms with Gasteiger partial charge in [0.25, 0.3) is 5.91 Å². The molecule has 2 rings (SSSR count). The zero-order valence-corrected chi connectivity index (χ0v) is 14.3. The standard InChI is InChI=1S/C13H11Br2ClN2O2/c1-13(12(17)19,10-4-5-11(15)20-10)18-7-2-3-9(16)8(14)6-7/h2-6,18H,1H3,(H2,17,19). The Morgan fingerprint density at radius 1 is 1.35 bits per heavy atom. The Kier molecular flexibility index (Phi) is 4.46. The fourth-order valence-corrected chi connectivity index (χ4v) is 2.49. The van der Waals surface area contributed by atoms with Crippen molar-refractivity contribution in [2.24, 2.45) is 5.73 Å². The lowest BCUT2D eigenvalue weighted by molar-refractivity contribution is -0.122. The predicted octanol–water partition coefficient (Wildman–Crippen LogP) is 4.27. The molecule has 1 amide bonds. The maximum Gasteiger partial charge on any atom is 0.250 e. The van der Waals surface area contributed by atoms with Crippen molar-refractivity contribution in [3.63, 3.8) is 0 Å². The van der Waals surface area contributed by atoms with E-state index in [0.717, 1.165) is 4.47 Å². The summed E-state index contributed by atoms with van der Waals surface area (Å²) >= 11 is 12.5. The van der Waals surface area contributed by atoms with Crippen molar-refractivity contribution in [3.05, 3.63) is 50.3 Å². The number of primary amides is 1. The maximum absolute atomic E-state index is 11.8. The molecule has 0 fully saturated rings. The first-order valence-corrected chi connectivity index (χ1v) is 7.58. The van der Waals surface area contributed by atoms with Crippen LogP contribution in [-0.2, 0) is 10.3 Å². The van der Waals surface area contributed by atoms with Crippen LogP contribution in [0.25, 0.3) is 0 Å². The molecule has 1 aromatic carbocycles. The van der Waals surface area contributed by atoms with Gasteiger partial charge in [-0.2, -0.15) is 0 Å². The van der Waals surface area contributed by atoms with Crippen molar-refractivity contribution in [3.8, 4) is 0 Å². The van der Waals surface area contributed by atoms with E-state index in [1.807, 2.05) is 0 Å². The number of amides is 1. The van der Waals surface area contributed by atoms with Crippen LogP contribution >= 0.6 is 43.5 Å². The highest BCUT2D eigenvalue weighted by molar-refractivity contribution is 9.10. The molecule has 0 bridgehead atoms. The molecular formula is C13H11Br2ClN2O2. The Balaban J connectivity index is 2.39. The molecule has 3 N–H and O–H groups in total. The molecule has 20 heavy (non-hydrogen) atoms. The minimum absolute atomic E-state index is 0.419. The number of furan rings is 1. The van der Waals surface area contributed by atoms with Gasteiger partial charge < -0.3 is 15.5 Å². The monoisotopic (exact) mass is 420 g/mol. The molecule has 1 atom stereocenters. The second-order valence-electron chi connectivity index (χ2n) is 4.35. The lowest BCUT2D eigenvalue weighted by Gasteiger charge is -2.26. The molecule has 2 aromatic rings. The van der Waals surface area contributed by atoms with Gasteiger partial charge in [-0.15, -0.1) is 0 Å². The van der Waals surface area contributed by atoms with E-state index in [0.29, 0.717) is 21.1 Å². The number of halogens is 3.